The molecule has 1 aromatic heterocycles. The maximum Gasteiger partial charge on any atom is 0.306 e. The Labute approximate surface area is 167 Å². The number of ether oxygens (including phenoxy) is 2. The predicted molar refractivity (Wildman–Crippen MR) is 104 cm³/mol. The molecule has 0 bridgehead atoms. The fourth-order valence-electron chi connectivity index (χ4n) is 2.97. The van der Waals surface area contributed by atoms with Crippen molar-refractivity contribution in [3.63, 3.8) is 0 Å². The van der Waals surface area contributed by atoms with Crippen LogP contribution in [0.3, 0.4) is 0 Å². The Bertz CT molecular complexity index is 964. The van der Waals surface area contributed by atoms with Crippen LogP contribution in [0.25, 0.3) is 5.69 Å². The zero-order valence-corrected chi connectivity index (χ0v) is 16.3. The molecule has 1 heterocycles. The Morgan fingerprint density at radius 2 is 1.79 bits per heavy atom. The van der Waals surface area contributed by atoms with Gasteiger partial charge in [-0.2, -0.15) is 5.10 Å². The highest BCUT2D eigenvalue weighted by molar-refractivity contribution is 5.69. The summed E-state index contributed by atoms with van der Waals surface area (Å²) in [6, 6.07) is 13.6. The van der Waals surface area contributed by atoms with E-state index in [1.165, 1.54) is 12.1 Å². The molecule has 0 amide bonds. The van der Waals surface area contributed by atoms with E-state index >= 15 is 0 Å². The van der Waals surface area contributed by atoms with Crippen LogP contribution in [0.15, 0.2) is 48.5 Å². The molecule has 0 fully saturated rings. The molecule has 0 aliphatic carbocycles. The summed E-state index contributed by atoms with van der Waals surface area (Å²) >= 11 is 0. The monoisotopic (exact) mass is 400 g/mol. The summed E-state index contributed by atoms with van der Waals surface area (Å²) in [6.45, 7) is 3.76. The van der Waals surface area contributed by atoms with Gasteiger partial charge in [0, 0.05) is 6.42 Å². The number of hydrogen-bond acceptors (Lipinski definition) is 4. The second kappa shape index (κ2) is 9.32. The Morgan fingerprint density at radius 1 is 1.10 bits per heavy atom. The van der Waals surface area contributed by atoms with Crippen molar-refractivity contribution in [2.75, 3.05) is 6.61 Å². The van der Waals surface area contributed by atoms with Gasteiger partial charge in [0.2, 0.25) is 0 Å². The molecule has 0 unspecified atom stereocenters. The maximum absolute atomic E-state index is 14.4. The lowest BCUT2D eigenvalue weighted by Gasteiger charge is -2.12. The van der Waals surface area contributed by atoms with Crippen molar-refractivity contribution in [3.8, 4) is 11.4 Å². The summed E-state index contributed by atoms with van der Waals surface area (Å²) in [5, 5.41) is 4.41. The number of rotatable bonds is 8. The molecule has 3 rings (SSSR count). The van der Waals surface area contributed by atoms with Gasteiger partial charge in [0.1, 0.15) is 6.61 Å². The van der Waals surface area contributed by atoms with Gasteiger partial charge >= 0.3 is 5.97 Å². The molecule has 7 heteroatoms. The first-order valence-corrected chi connectivity index (χ1v) is 9.35. The number of esters is 1. The summed E-state index contributed by atoms with van der Waals surface area (Å²) in [6.07, 6.45) is 0.245. The second-order valence-electron chi connectivity index (χ2n) is 6.51. The molecular formula is C22H22F2N2O3. The third-order valence-corrected chi connectivity index (χ3v) is 4.25. The van der Waals surface area contributed by atoms with Gasteiger partial charge in [0.15, 0.2) is 17.4 Å². The first-order chi connectivity index (χ1) is 14.0. The van der Waals surface area contributed by atoms with Crippen molar-refractivity contribution in [2.24, 2.45) is 0 Å². The number of nitrogens with zero attached hydrogens (tertiary/aromatic N) is 2. The number of aryl methyl sites for hydroxylation is 2. The first-order valence-electron chi connectivity index (χ1n) is 9.35. The normalized spacial score (nSPS) is 10.8. The fraction of sp³-hybridized carbons (Fsp3) is 0.273. The Hall–Kier alpha value is -3.22. The van der Waals surface area contributed by atoms with Crippen molar-refractivity contribution < 1.29 is 23.0 Å². The number of benzene rings is 2. The van der Waals surface area contributed by atoms with Crippen LogP contribution in [0.4, 0.5) is 8.78 Å². The van der Waals surface area contributed by atoms with E-state index in [0.717, 1.165) is 11.4 Å². The highest BCUT2D eigenvalue weighted by Crippen LogP contribution is 2.25. The molecule has 29 heavy (non-hydrogen) atoms. The van der Waals surface area contributed by atoms with Crippen molar-refractivity contribution in [1.29, 1.82) is 0 Å². The van der Waals surface area contributed by atoms with E-state index in [1.807, 2.05) is 37.3 Å². The lowest BCUT2D eigenvalue weighted by molar-refractivity contribution is -0.143. The quantitative estimate of drug-likeness (QED) is 0.521. The van der Waals surface area contributed by atoms with Crippen LogP contribution in [0.2, 0.25) is 0 Å². The molecule has 2 aromatic carbocycles. The minimum absolute atomic E-state index is 0.0499. The van der Waals surface area contributed by atoms with Crippen LogP contribution in [-0.4, -0.2) is 22.4 Å². The van der Waals surface area contributed by atoms with Crippen molar-refractivity contribution in [3.05, 3.63) is 77.1 Å². The third kappa shape index (κ3) is 5.19. The summed E-state index contributed by atoms with van der Waals surface area (Å²) in [5.41, 5.74) is 2.63. The molecule has 5 nitrogen and oxygen atoms in total. The van der Waals surface area contributed by atoms with Crippen molar-refractivity contribution in [2.45, 2.75) is 33.3 Å². The maximum atomic E-state index is 14.4. The first kappa shape index (κ1) is 20.5. The van der Waals surface area contributed by atoms with E-state index in [4.69, 9.17) is 9.47 Å². The van der Waals surface area contributed by atoms with E-state index in [0.29, 0.717) is 11.3 Å². The zero-order valence-electron chi connectivity index (χ0n) is 16.3. The van der Waals surface area contributed by atoms with Crippen molar-refractivity contribution in [1.82, 2.24) is 9.78 Å². The summed E-state index contributed by atoms with van der Waals surface area (Å²) in [5.74, 6) is -2.49. The van der Waals surface area contributed by atoms with Crippen LogP contribution >= 0.6 is 0 Å². The molecule has 0 atom stereocenters. The van der Waals surface area contributed by atoms with Crippen LogP contribution in [0.1, 0.15) is 30.3 Å². The SMILES string of the molecule is CCOC(=O)CCc1cc(F)c(OCc2cc(C)nn2-c2ccccc2)c(F)c1. The molecular weight excluding hydrogens is 378 g/mol. The van der Waals surface area contributed by atoms with E-state index in [-0.39, 0.29) is 26.1 Å². The van der Waals surface area contributed by atoms with Gasteiger partial charge in [0.05, 0.1) is 23.7 Å². The lowest BCUT2D eigenvalue weighted by atomic mass is 10.1. The molecule has 152 valence electrons. The third-order valence-electron chi connectivity index (χ3n) is 4.25. The van der Waals surface area contributed by atoms with Crippen LogP contribution in [-0.2, 0) is 22.6 Å². The number of carbonyl (C=O) groups excluding carboxylic acids is 1. The van der Waals surface area contributed by atoms with Gasteiger partial charge in [-0.15, -0.1) is 0 Å². The number of aromatic nitrogens is 2. The van der Waals surface area contributed by atoms with E-state index < -0.39 is 23.4 Å². The van der Waals surface area contributed by atoms with Gasteiger partial charge in [-0.3, -0.25) is 4.79 Å². The van der Waals surface area contributed by atoms with Crippen LogP contribution < -0.4 is 4.74 Å². The van der Waals surface area contributed by atoms with Gasteiger partial charge in [-0.1, -0.05) is 18.2 Å². The largest absolute Gasteiger partial charge is 0.481 e. The van der Waals surface area contributed by atoms with Crippen LogP contribution in [0, 0.1) is 18.6 Å². The van der Waals surface area contributed by atoms with Gasteiger partial charge in [0.25, 0.3) is 0 Å². The number of carbonyl (C=O) groups is 1. The summed E-state index contributed by atoms with van der Waals surface area (Å²) in [7, 11) is 0. The average Bonchev–Trinajstić information content (AvgIpc) is 3.07. The zero-order chi connectivity index (χ0) is 20.8. The average molecular weight is 400 g/mol. The lowest BCUT2D eigenvalue weighted by Crippen LogP contribution is -2.08. The fourth-order valence-corrected chi connectivity index (χ4v) is 2.97. The van der Waals surface area contributed by atoms with Gasteiger partial charge in [-0.25, -0.2) is 13.5 Å². The molecule has 0 spiro atoms. The molecule has 0 aliphatic heterocycles. The number of hydrogen-bond donors (Lipinski definition) is 0. The molecule has 0 radical (unpaired) electrons. The number of halogens is 2. The minimum atomic E-state index is -0.814. The minimum Gasteiger partial charge on any atom is -0.481 e. The molecule has 0 N–H and O–H groups in total. The van der Waals surface area contributed by atoms with E-state index in [2.05, 4.69) is 5.10 Å². The van der Waals surface area contributed by atoms with E-state index in [9.17, 15) is 13.6 Å². The van der Waals surface area contributed by atoms with Gasteiger partial charge in [-0.05, 0) is 56.2 Å². The Morgan fingerprint density at radius 3 is 2.45 bits per heavy atom. The standard InChI is InChI=1S/C22H22F2N2O3/c1-3-28-21(27)10-9-16-12-19(23)22(20(24)13-16)29-14-18-11-15(2)25-26(18)17-7-5-4-6-8-17/h4-8,11-13H,3,9-10,14H2,1-2H3. The van der Waals surface area contributed by atoms with Crippen LogP contribution in [0.5, 0.6) is 5.75 Å². The smallest absolute Gasteiger partial charge is 0.306 e. The summed E-state index contributed by atoms with van der Waals surface area (Å²) in [4.78, 5) is 11.4. The summed E-state index contributed by atoms with van der Waals surface area (Å²) < 4.78 is 40.8. The molecule has 0 saturated carbocycles. The second-order valence-corrected chi connectivity index (χ2v) is 6.51. The highest BCUT2D eigenvalue weighted by Gasteiger charge is 2.16. The highest BCUT2D eigenvalue weighted by atomic mass is 19.1. The Kier molecular flexibility index (Phi) is 6.59. The molecule has 0 aliphatic rings. The predicted octanol–water partition coefficient (Wildman–Crippen LogP) is 4.53. The van der Waals surface area contributed by atoms with Crippen molar-refractivity contribution >= 4 is 5.97 Å². The Balaban J connectivity index is 1.72. The number of para-hydroxylation sites is 1. The molecule has 3 aromatic rings. The molecule has 0 saturated heterocycles. The topological polar surface area (TPSA) is 53.4 Å². The van der Waals surface area contributed by atoms with Gasteiger partial charge < -0.3 is 9.47 Å². The van der Waals surface area contributed by atoms with E-state index in [1.54, 1.807) is 17.7 Å².